The molecule has 0 heterocycles. The minimum absolute atomic E-state index is 0.0156. The van der Waals surface area contributed by atoms with Crippen molar-refractivity contribution >= 4 is 24.2 Å². The molecule has 0 saturated carbocycles. The van der Waals surface area contributed by atoms with Crippen LogP contribution in [-0.4, -0.2) is 47.8 Å². The van der Waals surface area contributed by atoms with Crippen molar-refractivity contribution in [2.75, 3.05) is 19.8 Å². The quantitative estimate of drug-likeness (QED) is 0.282. The van der Waals surface area contributed by atoms with Crippen LogP contribution in [0.25, 0.3) is 0 Å². The summed E-state index contributed by atoms with van der Waals surface area (Å²) in [6.07, 6.45) is 0. The van der Waals surface area contributed by atoms with Crippen LogP contribution in [0.2, 0.25) is 0 Å². The predicted molar refractivity (Wildman–Crippen MR) is 85.5 cm³/mol. The second kappa shape index (κ2) is 8.05. The molecule has 23 heavy (non-hydrogen) atoms. The fraction of sp³-hybridized carbons (Fsp3) is 0.500. The van der Waals surface area contributed by atoms with Gasteiger partial charge in [0.25, 0.3) is 11.6 Å². The number of amides is 1. The van der Waals surface area contributed by atoms with Crippen LogP contribution in [-0.2, 0) is 4.74 Å². The summed E-state index contributed by atoms with van der Waals surface area (Å²) in [7, 11) is -1.89. The van der Waals surface area contributed by atoms with E-state index in [2.05, 4.69) is 5.32 Å². The minimum Gasteiger partial charge on any atom is -0.423 e. The molecule has 1 aromatic rings. The highest BCUT2D eigenvalue weighted by atomic mass is 16.6. The van der Waals surface area contributed by atoms with Gasteiger partial charge in [-0.1, -0.05) is 20.8 Å². The lowest BCUT2D eigenvalue weighted by molar-refractivity contribution is -0.384. The average molecular weight is 324 g/mol. The molecule has 0 aliphatic heterocycles. The Bertz CT molecular complexity index is 571. The first-order valence-electron chi connectivity index (χ1n) is 7.11. The Morgan fingerprint density at radius 3 is 2.52 bits per heavy atom. The SMILES string of the molecule is CC(C)(C)COCCNC(=O)c1cc(B(O)O)cc([N+](=O)[O-])c1. The van der Waals surface area contributed by atoms with E-state index >= 15 is 0 Å². The Balaban J connectivity index is 2.67. The Kier molecular flexibility index (Phi) is 6.68. The fourth-order valence-corrected chi connectivity index (χ4v) is 1.74. The molecule has 1 rings (SSSR count). The molecule has 0 atom stereocenters. The standard InChI is InChI=1S/C14H21BN2O6/c1-14(2,3)9-23-5-4-16-13(18)10-6-11(15(19)20)8-12(7-10)17(21)22/h6-8,19-20H,4-5,9H2,1-3H3,(H,16,18). The first-order chi connectivity index (χ1) is 10.6. The van der Waals surface area contributed by atoms with Gasteiger partial charge in [-0.15, -0.1) is 0 Å². The third-order valence-corrected chi connectivity index (χ3v) is 2.78. The molecule has 0 spiro atoms. The van der Waals surface area contributed by atoms with Gasteiger partial charge in [0.2, 0.25) is 0 Å². The maximum Gasteiger partial charge on any atom is 0.488 e. The highest BCUT2D eigenvalue weighted by Crippen LogP contribution is 2.13. The number of nitro groups is 1. The Morgan fingerprint density at radius 2 is 2.00 bits per heavy atom. The molecule has 0 fully saturated rings. The average Bonchev–Trinajstić information content (AvgIpc) is 2.44. The van der Waals surface area contributed by atoms with Crippen LogP contribution in [0.4, 0.5) is 5.69 Å². The maximum atomic E-state index is 12.0. The largest absolute Gasteiger partial charge is 0.488 e. The summed E-state index contributed by atoms with van der Waals surface area (Å²) in [5.41, 5.74) is -0.493. The number of ether oxygens (including phenoxy) is 1. The van der Waals surface area contributed by atoms with E-state index in [0.29, 0.717) is 13.2 Å². The van der Waals surface area contributed by atoms with Crippen LogP contribution in [0.5, 0.6) is 0 Å². The molecule has 0 saturated heterocycles. The maximum absolute atomic E-state index is 12.0. The summed E-state index contributed by atoms with van der Waals surface area (Å²) in [6.45, 7) is 7.17. The molecule has 3 N–H and O–H groups in total. The molecule has 0 aromatic heterocycles. The van der Waals surface area contributed by atoms with Crippen LogP contribution in [0.3, 0.4) is 0 Å². The molecule has 0 aliphatic carbocycles. The summed E-state index contributed by atoms with van der Waals surface area (Å²) in [4.78, 5) is 22.1. The smallest absolute Gasteiger partial charge is 0.423 e. The van der Waals surface area contributed by atoms with Gasteiger partial charge in [-0.05, 0) is 16.9 Å². The lowest BCUT2D eigenvalue weighted by Gasteiger charge is -2.18. The van der Waals surface area contributed by atoms with Crippen molar-refractivity contribution in [3.05, 3.63) is 33.9 Å². The number of nitrogens with one attached hydrogen (secondary N) is 1. The number of rotatable bonds is 7. The Hall–Kier alpha value is -1.97. The van der Waals surface area contributed by atoms with Crippen molar-refractivity contribution in [1.82, 2.24) is 5.32 Å². The normalized spacial score (nSPS) is 11.2. The molecule has 0 bridgehead atoms. The summed E-state index contributed by atoms with van der Waals surface area (Å²) >= 11 is 0. The van der Waals surface area contributed by atoms with Crippen molar-refractivity contribution in [2.24, 2.45) is 5.41 Å². The Morgan fingerprint density at radius 1 is 1.35 bits per heavy atom. The van der Waals surface area contributed by atoms with Crippen LogP contribution in [0.1, 0.15) is 31.1 Å². The van der Waals surface area contributed by atoms with Gasteiger partial charge in [0.05, 0.1) is 18.1 Å². The number of non-ortho nitro benzene ring substituents is 1. The number of nitro benzene ring substituents is 1. The molecular formula is C14H21BN2O6. The van der Waals surface area contributed by atoms with Gasteiger partial charge in [-0.2, -0.15) is 0 Å². The number of hydrogen-bond donors (Lipinski definition) is 3. The van der Waals surface area contributed by atoms with Crippen molar-refractivity contribution in [3.8, 4) is 0 Å². The third kappa shape index (κ3) is 6.77. The highest BCUT2D eigenvalue weighted by Gasteiger charge is 2.20. The van der Waals surface area contributed by atoms with Crippen molar-refractivity contribution in [3.63, 3.8) is 0 Å². The fourth-order valence-electron chi connectivity index (χ4n) is 1.74. The first kappa shape index (κ1) is 19.1. The topological polar surface area (TPSA) is 122 Å². The number of hydrogen-bond acceptors (Lipinski definition) is 6. The van der Waals surface area contributed by atoms with Crippen molar-refractivity contribution < 1.29 is 24.5 Å². The van der Waals surface area contributed by atoms with Gasteiger partial charge in [0.1, 0.15) is 0 Å². The van der Waals surface area contributed by atoms with Crippen LogP contribution in [0, 0.1) is 15.5 Å². The van der Waals surface area contributed by atoms with Crippen LogP contribution < -0.4 is 10.8 Å². The predicted octanol–water partition coefficient (Wildman–Crippen LogP) is 0.0671. The second-order valence-corrected chi connectivity index (χ2v) is 6.31. The lowest BCUT2D eigenvalue weighted by atomic mass is 9.79. The van der Waals surface area contributed by atoms with Gasteiger partial charge in [-0.3, -0.25) is 14.9 Å². The van der Waals surface area contributed by atoms with E-state index < -0.39 is 17.9 Å². The zero-order chi connectivity index (χ0) is 17.6. The molecule has 0 unspecified atom stereocenters. The number of benzene rings is 1. The molecule has 8 nitrogen and oxygen atoms in total. The van der Waals surface area contributed by atoms with E-state index in [1.54, 1.807) is 0 Å². The summed E-state index contributed by atoms with van der Waals surface area (Å²) in [5.74, 6) is -0.546. The molecular weight excluding hydrogens is 303 g/mol. The molecule has 9 heteroatoms. The number of carbonyl (C=O) groups excluding carboxylic acids is 1. The van der Waals surface area contributed by atoms with Crippen LogP contribution in [0.15, 0.2) is 18.2 Å². The van der Waals surface area contributed by atoms with Gasteiger partial charge >= 0.3 is 7.12 Å². The van der Waals surface area contributed by atoms with Crippen LogP contribution >= 0.6 is 0 Å². The molecule has 0 radical (unpaired) electrons. The lowest BCUT2D eigenvalue weighted by Crippen LogP contribution is -2.33. The number of carbonyl (C=O) groups is 1. The van der Waals surface area contributed by atoms with E-state index in [0.717, 1.165) is 12.1 Å². The van der Waals surface area contributed by atoms with Crippen molar-refractivity contribution in [1.29, 1.82) is 0 Å². The van der Waals surface area contributed by atoms with Crippen molar-refractivity contribution in [2.45, 2.75) is 20.8 Å². The zero-order valence-electron chi connectivity index (χ0n) is 13.4. The van der Waals surface area contributed by atoms with Gasteiger partial charge < -0.3 is 20.1 Å². The third-order valence-electron chi connectivity index (χ3n) is 2.78. The summed E-state index contributed by atoms with van der Waals surface area (Å²) in [5, 5.41) is 31.7. The molecule has 126 valence electrons. The highest BCUT2D eigenvalue weighted by molar-refractivity contribution is 6.58. The monoisotopic (exact) mass is 324 g/mol. The summed E-state index contributed by atoms with van der Waals surface area (Å²) in [6, 6.07) is 3.29. The van der Waals surface area contributed by atoms with E-state index in [1.807, 2.05) is 20.8 Å². The minimum atomic E-state index is -1.89. The molecule has 1 aromatic carbocycles. The second-order valence-electron chi connectivity index (χ2n) is 6.31. The zero-order valence-corrected chi connectivity index (χ0v) is 13.4. The molecule has 0 aliphatic rings. The first-order valence-corrected chi connectivity index (χ1v) is 7.11. The van der Waals surface area contributed by atoms with Gasteiger partial charge in [0.15, 0.2) is 0 Å². The van der Waals surface area contributed by atoms with E-state index in [9.17, 15) is 14.9 Å². The summed E-state index contributed by atoms with van der Waals surface area (Å²) < 4.78 is 5.41. The number of nitrogens with zero attached hydrogens (tertiary/aromatic N) is 1. The van der Waals surface area contributed by atoms with Gasteiger partial charge in [0, 0.05) is 24.2 Å². The Labute approximate surface area is 134 Å². The van der Waals surface area contributed by atoms with Gasteiger partial charge in [-0.25, -0.2) is 0 Å². The van der Waals surface area contributed by atoms with E-state index in [-0.39, 0.29) is 28.7 Å². The van der Waals surface area contributed by atoms with E-state index in [1.165, 1.54) is 6.07 Å². The van der Waals surface area contributed by atoms with E-state index in [4.69, 9.17) is 14.8 Å². The molecule has 1 amide bonds.